The average Bonchev–Trinajstić information content (AvgIpc) is 3.09. The molecular formula is C20H29N3O3S2. The van der Waals surface area contributed by atoms with Crippen LogP contribution >= 0.6 is 12.2 Å². The summed E-state index contributed by atoms with van der Waals surface area (Å²) in [7, 11) is -0.884. The van der Waals surface area contributed by atoms with Gasteiger partial charge in [0.1, 0.15) is 0 Å². The summed E-state index contributed by atoms with van der Waals surface area (Å²) in [5.74, 6) is 1.07. The highest BCUT2D eigenvalue weighted by atomic mass is 32.2. The summed E-state index contributed by atoms with van der Waals surface area (Å²) in [6.45, 7) is 7.92. The van der Waals surface area contributed by atoms with E-state index < -0.39 is 9.84 Å². The van der Waals surface area contributed by atoms with Crippen LogP contribution in [0.3, 0.4) is 0 Å². The maximum atomic E-state index is 11.6. The Labute approximate surface area is 172 Å². The largest absolute Gasteiger partial charge is 0.414 e. The molecule has 2 aromatic rings. The first-order valence-corrected chi connectivity index (χ1v) is 11.8. The Morgan fingerprint density at radius 2 is 1.96 bits per heavy atom. The molecular weight excluding hydrogens is 394 g/mol. The molecule has 154 valence electrons. The third-order valence-corrected chi connectivity index (χ3v) is 7.22. The van der Waals surface area contributed by atoms with Crippen molar-refractivity contribution in [2.75, 3.05) is 18.6 Å². The van der Waals surface area contributed by atoms with Crippen LogP contribution in [0.4, 0.5) is 0 Å². The van der Waals surface area contributed by atoms with E-state index in [0.29, 0.717) is 30.2 Å². The van der Waals surface area contributed by atoms with Crippen LogP contribution < -0.4 is 0 Å². The van der Waals surface area contributed by atoms with Crippen molar-refractivity contribution in [2.24, 2.45) is 5.92 Å². The Morgan fingerprint density at radius 3 is 2.54 bits per heavy atom. The Bertz CT molecular complexity index is 969. The summed E-state index contributed by atoms with van der Waals surface area (Å²) in [6, 6.07) is 8.67. The van der Waals surface area contributed by atoms with Crippen molar-refractivity contribution in [3.05, 3.63) is 46.1 Å². The Morgan fingerprint density at radius 1 is 1.29 bits per heavy atom. The molecule has 0 aliphatic carbocycles. The number of rotatable bonds is 6. The molecule has 1 aromatic carbocycles. The van der Waals surface area contributed by atoms with E-state index in [9.17, 15) is 8.42 Å². The highest BCUT2D eigenvalue weighted by Gasteiger charge is 2.29. The maximum Gasteiger partial charge on any atom is 0.288 e. The number of benzene rings is 1. The SMILES string of the molecule is CN(Cc1ccc(C(C)(C)C)cc1)Cn1nc(C[C@H]2CCS(=O)(=O)C2)oc1=S. The maximum absolute atomic E-state index is 11.6. The monoisotopic (exact) mass is 423 g/mol. The van der Waals surface area contributed by atoms with Gasteiger partial charge in [-0.1, -0.05) is 45.0 Å². The number of nitrogens with zero attached hydrogens (tertiary/aromatic N) is 3. The minimum atomic E-state index is -2.90. The van der Waals surface area contributed by atoms with Gasteiger partial charge in [-0.15, -0.1) is 5.10 Å². The Hall–Kier alpha value is -1.51. The van der Waals surface area contributed by atoms with Gasteiger partial charge >= 0.3 is 0 Å². The first-order valence-electron chi connectivity index (χ1n) is 9.57. The molecule has 1 aromatic heterocycles. The molecule has 2 heterocycles. The minimum Gasteiger partial charge on any atom is -0.414 e. The van der Waals surface area contributed by atoms with Gasteiger partial charge in [-0.2, -0.15) is 0 Å². The molecule has 6 nitrogen and oxygen atoms in total. The van der Waals surface area contributed by atoms with Gasteiger partial charge in [-0.05, 0) is 48.1 Å². The van der Waals surface area contributed by atoms with Crippen molar-refractivity contribution in [3.63, 3.8) is 0 Å². The fraction of sp³-hybridized carbons (Fsp3) is 0.600. The first-order chi connectivity index (χ1) is 13.0. The van der Waals surface area contributed by atoms with Crippen LogP contribution in [0.5, 0.6) is 0 Å². The molecule has 0 saturated carbocycles. The van der Waals surface area contributed by atoms with Gasteiger partial charge in [0, 0.05) is 13.0 Å². The van der Waals surface area contributed by atoms with Gasteiger partial charge in [-0.25, -0.2) is 13.1 Å². The molecule has 3 rings (SSSR count). The quantitative estimate of drug-likeness (QED) is 0.662. The van der Waals surface area contributed by atoms with E-state index in [1.807, 2.05) is 7.05 Å². The molecule has 0 N–H and O–H groups in total. The van der Waals surface area contributed by atoms with Gasteiger partial charge in [-0.3, -0.25) is 4.90 Å². The molecule has 8 heteroatoms. The van der Waals surface area contributed by atoms with Gasteiger partial charge in [0.2, 0.25) is 5.89 Å². The zero-order chi connectivity index (χ0) is 20.5. The average molecular weight is 424 g/mol. The lowest BCUT2D eigenvalue weighted by atomic mass is 9.87. The topological polar surface area (TPSA) is 68.3 Å². The smallest absolute Gasteiger partial charge is 0.288 e. The highest BCUT2D eigenvalue weighted by molar-refractivity contribution is 7.91. The molecule has 28 heavy (non-hydrogen) atoms. The van der Waals surface area contributed by atoms with Crippen molar-refractivity contribution in [1.29, 1.82) is 0 Å². The molecule has 1 aliphatic rings. The summed E-state index contributed by atoms with van der Waals surface area (Å²) < 4.78 is 30.5. The summed E-state index contributed by atoms with van der Waals surface area (Å²) in [4.78, 5) is 2.44. The summed E-state index contributed by atoms with van der Waals surface area (Å²) in [6.07, 6.45) is 1.19. The number of hydrogen-bond acceptors (Lipinski definition) is 6. The predicted molar refractivity (Wildman–Crippen MR) is 112 cm³/mol. The fourth-order valence-electron chi connectivity index (χ4n) is 3.50. The van der Waals surface area contributed by atoms with E-state index >= 15 is 0 Å². The molecule has 0 amide bonds. The summed E-state index contributed by atoms with van der Waals surface area (Å²) in [5.41, 5.74) is 2.69. The van der Waals surface area contributed by atoms with Gasteiger partial charge < -0.3 is 4.42 Å². The molecule has 0 spiro atoms. The minimum absolute atomic E-state index is 0.0746. The second-order valence-electron chi connectivity index (χ2n) is 8.84. The van der Waals surface area contributed by atoms with E-state index in [1.54, 1.807) is 4.68 Å². The van der Waals surface area contributed by atoms with Gasteiger partial charge in [0.25, 0.3) is 4.84 Å². The lowest BCUT2D eigenvalue weighted by Gasteiger charge is -2.20. The van der Waals surface area contributed by atoms with Crippen LogP contribution in [-0.4, -0.2) is 41.7 Å². The van der Waals surface area contributed by atoms with E-state index in [-0.39, 0.29) is 22.8 Å². The van der Waals surface area contributed by atoms with Crippen molar-refractivity contribution in [2.45, 2.75) is 52.2 Å². The van der Waals surface area contributed by atoms with Gasteiger partial charge in [0.15, 0.2) is 9.84 Å². The summed E-state index contributed by atoms with van der Waals surface area (Å²) >= 11 is 5.29. The number of sulfone groups is 1. The van der Waals surface area contributed by atoms with Crippen LogP contribution in [0.15, 0.2) is 28.7 Å². The van der Waals surface area contributed by atoms with Crippen LogP contribution in [0, 0.1) is 10.8 Å². The zero-order valence-corrected chi connectivity index (χ0v) is 18.6. The Kier molecular flexibility index (Phi) is 6.12. The first kappa shape index (κ1) is 21.2. The van der Waals surface area contributed by atoms with E-state index in [1.165, 1.54) is 11.1 Å². The standard InChI is InChI=1S/C20H29N3O3S2/c1-20(2,3)17-7-5-15(6-8-17)12-22(4)14-23-19(27)26-18(21-23)11-16-9-10-28(24,25)13-16/h5-8,16H,9-14H2,1-4H3/t16-/m1/s1. The van der Waals surface area contributed by atoms with Crippen LogP contribution in [0.2, 0.25) is 0 Å². The fourth-order valence-corrected chi connectivity index (χ4v) is 5.56. The van der Waals surface area contributed by atoms with Crippen molar-refractivity contribution in [3.8, 4) is 0 Å². The lowest BCUT2D eigenvalue weighted by molar-refractivity contribution is 0.240. The van der Waals surface area contributed by atoms with Crippen molar-refractivity contribution >= 4 is 22.1 Å². The molecule has 0 bridgehead atoms. The van der Waals surface area contributed by atoms with Crippen LogP contribution in [0.1, 0.15) is 44.2 Å². The highest BCUT2D eigenvalue weighted by Crippen LogP contribution is 2.23. The van der Waals surface area contributed by atoms with Crippen LogP contribution in [-0.2, 0) is 34.9 Å². The molecule has 0 radical (unpaired) electrons. The second-order valence-corrected chi connectivity index (χ2v) is 11.4. The number of hydrogen-bond donors (Lipinski definition) is 0. The van der Waals surface area contributed by atoms with Crippen LogP contribution in [0.25, 0.3) is 0 Å². The second kappa shape index (κ2) is 8.08. The summed E-state index contributed by atoms with van der Waals surface area (Å²) in [5, 5.41) is 4.46. The Balaban J connectivity index is 1.59. The zero-order valence-electron chi connectivity index (χ0n) is 17.0. The van der Waals surface area contributed by atoms with Crippen molar-refractivity contribution in [1.82, 2.24) is 14.7 Å². The molecule has 1 aliphatic heterocycles. The molecule has 0 unspecified atom stereocenters. The molecule has 1 saturated heterocycles. The third kappa shape index (κ3) is 5.52. The third-order valence-electron chi connectivity index (χ3n) is 5.09. The molecule has 1 fully saturated rings. The normalized spacial score (nSPS) is 19.4. The van der Waals surface area contributed by atoms with E-state index in [2.05, 4.69) is 55.0 Å². The van der Waals surface area contributed by atoms with E-state index in [0.717, 1.165) is 6.54 Å². The van der Waals surface area contributed by atoms with E-state index in [4.69, 9.17) is 16.6 Å². The van der Waals surface area contributed by atoms with Crippen molar-refractivity contribution < 1.29 is 12.8 Å². The molecule has 1 atom stereocenters. The lowest BCUT2D eigenvalue weighted by Crippen LogP contribution is -2.22. The van der Waals surface area contributed by atoms with Gasteiger partial charge in [0.05, 0.1) is 18.2 Å². The number of aromatic nitrogens is 2. The predicted octanol–water partition coefficient (Wildman–Crippen LogP) is 3.57.